The predicted molar refractivity (Wildman–Crippen MR) is 73.8 cm³/mol. The van der Waals surface area contributed by atoms with Crippen LogP contribution in [0.3, 0.4) is 0 Å². The lowest BCUT2D eigenvalue weighted by Gasteiger charge is -2.07. The van der Waals surface area contributed by atoms with E-state index in [0.29, 0.717) is 5.69 Å². The molecule has 0 aliphatic rings. The minimum atomic E-state index is -1.09. The van der Waals surface area contributed by atoms with Crippen LogP contribution >= 0.6 is 11.6 Å². The molecule has 2 aromatic rings. The zero-order chi connectivity index (χ0) is 15.4. The summed E-state index contributed by atoms with van der Waals surface area (Å²) in [6.07, 6.45) is 1.33. The highest BCUT2D eigenvalue weighted by Crippen LogP contribution is 2.19. The van der Waals surface area contributed by atoms with Crippen molar-refractivity contribution in [3.05, 3.63) is 64.2 Å². The third kappa shape index (κ3) is 3.55. The molecule has 108 valence electrons. The molecular formula is C14H10ClFN2O3. The molecule has 0 aliphatic carbocycles. The van der Waals surface area contributed by atoms with Crippen LogP contribution in [0.15, 0.2) is 36.5 Å². The predicted octanol–water partition coefficient (Wildman–Crippen LogP) is 2.50. The normalized spacial score (nSPS) is 10.2. The first kappa shape index (κ1) is 14.9. The lowest BCUT2D eigenvalue weighted by Crippen LogP contribution is -2.24. The van der Waals surface area contributed by atoms with Crippen molar-refractivity contribution in [2.24, 2.45) is 0 Å². The number of carboxylic acids is 1. The van der Waals surface area contributed by atoms with E-state index in [4.69, 9.17) is 16.7 Å². The number of benzene rings is 1. The largest absolute Gasteiger partial charge is 0.478 e. The molecule has 2 N–H and O–H groups in total. The molecule has 0 aliphatic heterocycles. The van der Waals surface area contributed by atoms with Gasteiger partial charge in [-0.15, -0.1) is 0 Å². The molecule has 21 heavy (non-hydrogen) atoms. The average molecular weight is 309 g/mol. The van der Waals surface area contributed by atoms with Crippen molar-refractivity contribution in [3.8, 4) is 0 Å². The summed E-state index contributed by atoms with van der Waals surface area (Å²) in [5.41, 5.74) is 0.444. The van der Waals surface area contributed by atoms with Crippen molar-refractivity contribution in [1.29, 1.82) is 0 Å². The number of amides is 1. The fraction of sp³-hybridized carbons (Fsp3) is 0.0714. The minimum Gasteiger partial charge on any atom is -0.478 e. The molecule has 2 rings (SSSR count). The summed E-state index contributed by atoms with van der Waals surface area (Å²) < 4.78 is 13.3. The number of carbonyl (C=O) groups is 2. The van der Waals surface area contributed by atoms with Gasteiger partial charge in [0.2, 0.25) is 0 Å². The Morgan fingerprint density at radius 3 is 2.81 bits per heavy atom. The number of nitrogens with one attached hydrogen (secondary N) is 1. The van der Waals surface area contributed by atoms with Gasteiger partial charge >= 0.3 is 5.97 Å². The van der Waals surface area contributed by atoms with E-state index in [1.165, 1.54) is 30.5 Å². The van der Waals surface area contributed by atoms with Crippen LogP contribution in [0.1, 0.15) is 26.4 Å². The topological polar surface area (TPSA) is 79.3 Å². The Morgan fingerprint density at radius 1 is 1.33 bits per heavy atom. The van der Waals surface area contributed by atoms with E-state index < -0.39 is 17.7 Å². The monoisotopic (exact) mass is 308 g/mol. The summed E-state index contributed by atoms with van der Waals surface area (Å²) in [5, 5.41) is 11.1. The maximum Gasteiger partial charge on any atom is 0.335 e. The third-order valence-corrected chi connectivity index (χ3v) is 3.07. The molecule has 1 aromatic heterocycles. The number of halogens is 2. The zero-order valence-corrected chi connectivity index (χ0v) is 11.4. The minimum absolute atomic E-state index is 0.00561. The van der Waals surface area contributed by atoms with E-state index in [1.807, 2.05) is 0 Å². The molecule has 1 heterocycles. The van der Waals surface area contributed by atoms with Gasteiger partial charge < -0.3 is 10.4 Å². The van der Waals surface area contributed by atoms with Crippen molar-refractivity contribution in [2.75, 3.05) is 0 Å². The van der Waals surface area contributed by atoms with Crippen LogP contribution < -0.4 is 5.32 Å². The summed E-state index contributed by atoms with van der Waals surface area (Å²) in [6, 6.07) is 6.60. The van der Waals surface area contributed by atoms with Crippen LogP contribution in [0.2, 0.25) is 5.02 Å². The fourth-order valence-electron chi connectivity index (χ4n) is 1.65. The second-order valence-electron chi connectivity index (χ2n) is 4.13. The summed E-state index contributed by atoms with van der Waals surface area (Å²) in [6.45, 7) is 0.00674. The second kappa shape index (κ2) is 6.32. The molecule has 5 nitrogen and oxygen atoms in total. The third-order valence-electron chi connectivity index (χ3n) is 2.69. The van der Waals surface area contributed by atoms with Crippen molar-refractivity contribution < 1.29 is 19.1 Å². The Morgan fingerprint density at radius 2 is 2.10 bits per heavy atom. The molecule has 0 spiro atoms. The van der Waals surface area contributed by atoms with Crippen LogP contribution in [0.4, 0.5) is 4.39 Å². The molecule has 0 bridgehead atoms. The molecule has 0 saturated heterocycles. The number of aromatic carboxylic acids is 1. The van der Waals surface area contributed by atoms with Gasteiger partial charge in [-0.05, 0) is 24.3 Å². The number of carbonyl (C=O) groups excluding carboxylic acids is 1. The smallest absolute Gasteiger partial charge is 0.335 e. The van der Waals surface area contributed by atoms with Gasteiger partial charge in [0.05, 0.1) is 28.4 Å². The molecule has 1 amide bonds. The highest BCUT2D eigenvalue weighted by Gasteiger charge is 2.13. The van der Waals surface area contributed by atoms with Gasteiger partial charge in [0.15, 0.2) is 0 Å². The molecule has 0 atom stereocenters. The van der Waals surface area contributed by atoms with Gasteiger partial charge in [0, 0.05) is 6.20 Å². The van der Waals surface area contributed by atoms with Crippen molar-refractivity contribution in [2.45, 2.75) is 6.54 Å². The molecular weight excluding hydrogens is 299 g/mol. The average Bonchev–Trinajstić information content (AvgIpc) is 2.48. The quantitative estimate of drug-likeness (QED) is 0.909. The summed E-state index contributed by atoms with van der Waals surface area (Å²) in [7, 11) is 0. The number of pyridine rings is 1. The number of aromatic nitrogens is 1. The molecule has 0 fully saturated rings. The number of nitrogens with zero attached hydrogens (tertiary/aromatic N) is 1. The Labute approximate surface area is 124 Å². The van der Waals surface area contributed by atoms with Crippen LogP contribution in [0, 0.1) is 5.82 Å². The number of rotatable bonds is 4. The second-order valence-corrected chi connectivity index (χ2v) is 4.50. The van der Waals surface area contributed by atoms with E-state index in [1.54, 1.807) is 0 Å². The van der Waals surface area contributed by atoms with E-state index in [-0.39, 0.29) is 22.7 Å². The maximum atomic E-state index is 13.3. The maximum absolute atomic E-state index is 13.3. The Kier molecular flexibility index (Phi) is 4.49. The van der Waals surface area contributed by atoms with Gasteiger partial charge in [-0.2, -0.15) is 0 Å². The lowest BCUT2D eigenvalue weighted by molar-refractivity contribution is 0.0696. The first-order valence-corrected chi connectivity index (χ1v) is 6.27. The van der Waals surface area contributed by atoms with Gasteiger partial charge in [0.1, 0.15) is 5.82 Å². The van der Waals surface area contributed by atoms with Crippen LogP contribution in [0.5, 0.6) is 0 Å². The van der Waals surface area contributed by atoms with E-state index in [0.717, 1.165) is 6.07 Å². The highest BCUT2D eigenvalue weighted by molar-refractivity contribution is 6.34. The van der Waals surface area contributed by atoms with E-state index in [2.05, 4.69) is 10.3 Å². The zero-order valence-electron chi connectivity index (χ0n) is 10.6. The summed E-state index contributed by atoms with van der Waals surface area (Å²) in [4.78, 5) is 26.7. The van der Waals surface area contributed by atoms with Gasteiger partial charge in [0.25, 0.3) is 5.91 Å². The number of hydrogen-bond donors (Lipinski definition) is 2. The highest BCUT2D eigenvalue weighted by atomic mass is 35.5. The first-order chi connectivity index (χ1) is 9.99. The Balaban J connectivity index is 2.09. The number of hydrogen-bond acceptors (Lipinski definition) is 3. The summed E-state index contributed by atoms with van der Waals surface area (Å²) >= 11 is 5.71. The Bertz CT molecular complexity index is 706. The standard InChI is InChI=1S/C14H10ClFN2O3/c15-12-10(2-1-3-11(12)16)13(19)18-7-9-6-8(14(20)21)4-5-17-9/h1-6H,7H2,(H,18,19)(H,20,21). The molecule has 0 radical (unpaired) electrons. The van der Waals surface area contributed by atoms with Crippen molar-refractivity contribution >= 4 is 23.5 Å². The Hall–Kier alpha value is -2.47. The molecule has 7 heteroatoms. The van der Waals surface area contributed by atoms with Crippen molar-refractivity contribution in [1.82, 2.24) is 10.3 Å². The van der Waals surface area contributed by atoms with Gasteiger partial charge in [-0.1, -0.05) is 17.7 Å². The fourth-order valence-corrected chi connectivity index (χ4v) is 1.86. The van der Waals surface area contributed by atoms with E-state index >= 15 is 0 Å². The van der Waals surface area contributed by atoms with E-state index in [9.17, 15) is 14.0 Å². The van der Waals surface area contributed by atoms with Gasteiger partial charge in [-0.3, -0.25) is 9.78 Å². The SMILES string of the molecule is O=C(O)c1ccnc(CNC(=O)c2cccc(F)c2Cl)c1. The van der Waals surface area contributed by atoms with Gasteiger partial charge in [-0.25, -0.2) is 9.18 Å². The van der Waals surface area contributed by atoms with Crippen molar-refractivity contribution in [3.63, 3.8) is 0 Å². The number of carboxylic acid groups (broad SMARTS) is 1. The molecule has 0 saturated carbocycles. The molecule has 1 aromatic carbocycles. The first-order valence-electron chi connectivity index (χ1n) is 5.89. The van der Waals surface area contributed by atoms with Crippen LogP contribution in [0.25, 0.3) is 0 Å². The van der Waals surface area contributed by atoms with Crippen LogP contribution in [-0.4, -0.2) is 22.0 Å². The molecule has 0 unspecified atom stereocenters. The summed E-state index contributed by atoms with van der Waals surface area (Å²) in [5.74, 6) is -2.34. The lowest BCUT2D eigenvalue weighted by atomic mass is 10.2. The van der Waals surface area contributed by atoms with Crippen LogP contribution in [-0.2, 0) is 6.54 Å².